The van der Waals surface area contributed by atoms with Crippen LogP contribution in [-0.2, 0) is 5.72 Å². The summed E-state index contributed by atoms with van der Waals surface area (Å²) in [6.07, 6.45) is 4.76. The number of amides is 1. The summed E-state index contributed by atoms with van der Waals surface area (Å²) in [6, 6.07) is 19.5. The Morgan fingerprint density at radius 3 is 2.77 bits per heavy atom. The molecule has 3 heterocycles. The maximum Gasteiger partial charge on any atom is 0.261 e. The number of carbonyl (C=O) groups excluding carboxylic acids is 1. The third-order valence-electron chi connectivity index (χ3n) is 6.07. The molecule has 0 bridgehead atoms. The zero-order valence-electron chi connectivity index (χ0n) is 18.6. The summed E-state index contributed by atoms with van der Waals surface area (Å²) in [5, 5.41) is 15.3. The summed E-state index contributed by atoms with van der Waals surface area (Å²) < 4.78 is 5.36. The second kappa shape index (κ2) is 7.93. The number of nitrogens with one attached hydrogen (secondary N) is 2. The predicted molar refractivity (Wildman–Crippen MR) is 131 cm³/mol. The number of H-pyrrole nitrogens is 1. The number of imidazole rings is 1. The molecule has 0 radical (unpaired) electrons. The van der Waals surface area contributed by atoms with E-state index in [-0.39, 0.29) is 5.91 Å². The molecule has 2 aromatic heterocycles. The van der Waals surface area contributed by atoms with Crippen molar-refractivity contribution in [1.82, 2.24) is 19.9 Å². The first-order chi connectivity index (χ1) is 17.1. The van der Waals surface area contributed by atoms with Crippen LogP contribution in [0.25, 0.3) is 11.0 Å². The molecule has 1 atom stereocenters. The van der Waals surface area contributed by atoms with Crippen molar-refractivity contribution in [2.45, 2.75) is 5.72 Å². The molecular weight excluding hydrogens is 444 g/mol. The number of carbonyl (C=O) groups is 1. The van der Waals surface area contributed by atoms with E-state index in [1.165, 1.54) is 4.90 Å². The number of hydrogen-bond donors (Lipinski definition) is 3. The van der Waals surface area contributed by atoms with Gasteiger partial charge in [-0.2, -0.15) is 0 Å². The third kappa shape index (κ3) is 3.29. The summed E-state index contributed by atoms with van der Waals surface area (Å²) in [7, 11) is 1.56. The lowest BCUT2D eigenvalue weighted by atomic mass is 9.93. The van der Waals surface area contributed by atoms with E-state index in [0.29, 0.717) is 50.9 Å². The van der Waals surface area contributed by atoms with E-state index in [4.69, 9.17) is 4.74 Å². The van der Waals surface area contributed by atoms with Crippen LogP contribution in [0, 0.1) is 0 Å². The van der Waals surface area contributed by atoms with Gasteiger partial charge in [-0.05, 0) is 30.3 Å². The second-order valence-corrected chi connectivity index (χ2v) is 8.09. The van der Waals surface area contributed by atoms with Gasteiger partial charge in [-0.15, -0.1) is 0 Å². The molecule has 0 spiro atoms. The highest BCUT2D eigenvalue weighted by Crippen LogP contribution is 2.45. The Labute approximate surface area is 200 Å². The number of nitrogens with zero attached hydrogens (tertiary/aromatic N) is 4. The van der Waals surface area contributed by atoms with Gasteiger partial charge in [0.15, 0.2) is 11.5 Å². The largest absolute Gasteiger partial charge is 0.497 e. The van der Waals surface area contributed by atoms with Crippen molar-refractivity contribution in [3.8, 4) is 5.75 Å². The van der Waals surface area contributed by atoms with Crippen LogP contribution in [0.15, 0.2) is 85.3 Å². The molecule has 3 N–H and O–H groups in total. The quantitative estimate of drug-likeness (QED) is 0.361. The average Bonchev–Trinajstić information content (AvgIpc) is 3.40. The molecule has 172 valence electrons. The van der Waals surface area contributed by atoms with Gasteiger partial charge in [0.25, 0.3) is 5.91 Å². The third-order valence-corrected chi connectivity index (χ3v) is 6.07. The van der Waals surface area contributed by atoms with E-state index in [1.54, 1.807) is 86.4 Å². The van der Waals surface area contributed by atoms with Gasteiger partial charge in [-0.1, -0.05) is 30.3 Å². The Hall–Kier alpha value is -4.76. The van der Waals surface area contributed by atoms with Crippen molar-refractivity contribution in [3.63, 3.8) is 0 Å². The first-order valence-electron chi connectivity index (χ1n) is 10.9. The monoisotopic (exact) mass is 464 g/mol. The van der Waals surface area contributed by atoms with E-state index in [9.17, 15) is 9.90 Å². The van der Waals surface area contributed by atoms with Gasteiger partial charge < -0.3 is 20.1 Å². The molecule has 9 nitrogen and oxygen atoms in total. The molecule has 3 aromatic carbocycles. The lowest BCUT2D eigenvalue weighted by molar-refractivity contribution is 0.0704. The lowest BCUT2D eigenvalue weighted by Crippen LogP contribution is -2.45. The van der Waals surface area contributed by atoms with Crippen molar-refractivity contribution in [2.75, 3.05) is 17.3 Å². The number of anilines is 3. The number of benzene rings is 3. The summed E-state index contributed by atoms with van der Waals surface area (Å²) in [5.41, 5.74) is 1.61. The molecule has 5 aromatic rings. The van der Waals surface area contributed by atoms with E-state index in [1.807, 2.05) is 6.07 Å². The van der Waals surface area contributed by atoms with Gasteiger partial charge in [-0.3, -0.25) is 14.7 Å². The second-order valence-electron chi connectivity index (χ2n) is 8.09. The van der Waals surface area contributed by atoms with Crippen LogP contribution >= 0.6 is 0 Å². The number of ether oxygens (including phenoxy) is 1. The molecule has 1 amide bonds. The molecule has 1 aliphatic heterocycles. The smallest absolute Gasteiger partial charge is 0.261 e. The fourth-order valence-electron chi connectivity index (χ4n) is 4.47. The normalized spacial score (nSPS) is 17.0. The number of hydrogen-bond acceptors (Lipinski definition) is 7. The molecule has 0 saturated carbocycles. The van der Waals surface area contributed by atoms with Crippen LogP contribution in [0.4, 0.5) is 17.5 Å². The van der Waals surface area contributed by atoms with Crippen LogP contribution in [0.3, 0.4) is 0 Å². The number of rotatable bonds is 5. The number of aromatic amines is 1. The maximum atomic E-state index is 13.5. The van der Waals surface area contributed by atoms with Gasteiger partial charge >= 0.3 is 0 Å². The summed E-state index contributed by atoms with van der Waals surface area (Å²) in [6.45, 7) is 0. The number of aromatic nitrogens is 4. The Kier molecular flexibility index (Phi) is 4.71. The fraction of sp³-hybridized carbons (Fsp3) is 0.0769. The molecular formula is C26H20N6O3. The Bertz CT molecular complexity index is 1570. The van der Waals surface area contributed by atoms with Gasteiger partial charge in [0.2, 0.25) is 5.95 Å². The van der Waals surface area contributed by atoms with Crippen molar-refractivity contribution < 1.29 is 14.6 Å². The molecule has 0 aliphatic carbocycles. The SMILES string of the molecule is COc1cccc(N2C(=O)c3ccccc3C2(O)c2ccc3nc(Nc4cnccn4)[nH]c3c2)c1. The van der Waals surface area contributed by atoms with Gasteiger partial charge in [0.1, 0.15) is 5.75 Å². The fourth-order valence-corrected chi connectivity index (χ4v) is 4.47. The summed E-state index contributed by atoms with van der Waals surface area (Å²) in [4.78, 5) is 30.9. The van der Waals surface area contributed by atoms with Crippen molar-refractivity contribution in [2.24, 2.45) is 0 Å². The van der Waals surface area contributed by atoms with Crippen molar-refractivity contribution in [1.29, 1.82) is 0 Å². The molecule has 0 fully saturated rings. The first kappa shape index (κ1) is 20.8. The highest BCUT2D eigenvalue weighted by molar-refractivity contribution is 6.12. The summed E-state index contributed by atoms with van der Waals surface area (Å²) in [5.74, 6) is 1.31. The molecule has 35 heavy (non-hydrogen) atoms. The Balaban J connectivity index is 1.48. The summed E-state index contributed by atoms with van der Waals surface area (Å²) >= 11 is 0. The van der Waals surface area contributed by atoms with Crippen LogP contribution < -0.4 is 15.0 Å². The maximum absolute atomic E-state index is 13.5. The lowest BCUT2D eigenvalue weighted by Gasteiger charge is -2.35. The van der Waals surface area contributed by atoms with Crippen molar-refractivity contribution in [3.05, 3.63) is 102 Å². The topological polar surface area (TPSA) is 116 Å². The van der Waals surface area contributed by atoms with Gasteiger partial charge in [-0.25, -0.2) is 9.97 Å². The standard InChI is InChI=1S/C26H20N6O3/c1-35-18-6-4-5-17(14-18)32-24(33)19-7-2-3-8-20(19)26(32,34)16-9-10-21-22(13-16)30-25(29-21)31-23-15-27-11-12-28-23/h2-15,34H,1H3,(H2,28,29,30,31). The van der Waals surface area contributed by atoms with Crippen LogP contribution in [0.2, 0.25) is 0 Å². The van der Waals surface area contributed by atoms with E-state index < -0.39 is 5.72 Å². The first-order valence-corrected chi connectivity index (χ1v) is 10.9. The zero-order valence-corrected chi connectivity index (χ0v) is 18.6. The minimum atomic E-state index is -1.74. The number of aliphatic hydroxyl groups is 1. The van der Waals surface area contributed by atoms with Crippen LogP contribution in [-0.4, -0.2) is 38.1 Å². The molecule has 1 aliphatic rings. The highest BCUT2D eigenvalue weighted by atomic mass is 16.5. The van der Waals surface area contributed by atoms with Crippen LogP contribution in [0.1, 0.15) is 21.5 Å². The number of methoxy groups -OCH3 is 1. The predicted octanol–water partition coefficient (Wildman–Crippen LogP) is 3.96. The molecule has 9 heteroatoms. The van der Waals surface area contributed by atoms with Gasteiger partial charge in [0, 0.05) is 35.2 Å². The highest BCUT2D eigenvalue weighted by Gasteiger charge is 2.50. The van der Waals surface area contributed by atoms with E-state index in [0.717, 1.165) is 0 Å². The Morgan fingerprint density at radius 2 is 1.94 bits per heavy atom. The van der Waals surface area contributed by atoms with Crippen LogP contribution in [0.5, 0.6) is 5.75 Å². The molecule has 0 saturated heterocycles. The van der Waals surface area contributed by atoms with Gasteiger partial charge in [0.05, 0.1) is 30.0 Å². The number of fused-ring (bicyclic) bond motifs is 2. The zero-order chi connectivity index (χ0) is 24.0. The van der Waals surface area contributed by atoms with Crippen molar-refractivity contribution >= 4 is 34.4 Å². The average molecular weight is 464 g/mol. The molecule has 6 rings (SSSR count). The minimum Gasteiger partial charge on any atom is -0.497 e. The molecule has 1 unspecified atom stereocenters. The minimum absolute atomic E-state index is 0.300. The van der Waals surface area contributed by atoms with E-state index in [2.05, 4.69) is 25.3 Å². The Morgan fingerprint density at radius 1 is 1.06 bits per heavy atom. The van der Waals surface area contributed by atoms with E-state index >= 15 is 0 Å².